The Kier molecular flexibility index (Phi) is 4.10. The third kappa shape index (κ3) is 3.12. The number of hydrazone groups is 1. The zero-order valence-electron chi connectivity index (χ0n) is 12.4. The van der Waals surface area contributed by atoms with E-state index in [1.807, 2.05) is 24.3 Å². The Hall–Kier alpha value is -2.74. The van der Waals surface area contributed by atoms with Gasteiger partial charge in [-0.25, -0.2) is 9.99 Å². The molecule has 2 aromatic rings. The molecule has 1 aromatic carbocycles. The molecule has 2 heterocycles. The molecule has 5 heteroatoms. The van der Waals surface area contributed by atoms with Gasteiger partial charge in [0, 0.05) is 12.5 Å². The van der Waals surface area contributed by atoms with Crippen LogP contribution in [0.2, 0.25) is 0 Å². The van der Waals surface area contributed by atoms with Gasteiger partial charge in [0.05, 0.1) is 29.4 Å². The average molecular weight is 292 g/mol. The maximum absolute atomic E-state index is 11.9. The number of nitrogens with zero attached hydrogens (tertiary/aromatic N) is 4. The van der Waals surface area contributed by atoms with Crippen molar-refractivity contribution in [2.24, 2.45) is 5.10 Å². The SMILES string of the molecule is CCCC#CN1CC(=O)CC(c2cnc3ccccc3n2)=N1. The number of hydrogen-bond donors (Lipinski definition) is 0. The molecule has 5 nitrogen and oxygen atoms in total. The quantitative estimate of drug-likeness (QED) is 0.797. The summed E-state index contributed by atoms with van der Waals surface area (Å²) in [6, 6.07) is 10.6. The molecule has 0 bridgehead atoms. The molecule has 0 N–H and O–H groups in total. The predicted molar refractivity (Wildman–Crippen MR) is 85.1 cm³/mol. The van der Waals surface area contributed by atoms with E-state index < -0.39 is 0 Å². The van der Waals surface area contributed by atoms with Crippen LogP contribution in [0.15, 0.2) is 35.6 Å². The van der Waals surface area contributed by atoms with Gasteiger partial charge in [0.15, 0.2) is 5.78 Å². The van der Waals surface area contributed by atoms with Gasteiger partial charge in [-0.1, -0.05) is 25.0 Å². The molecule has 1 aliphatic rings. The Balaban J connectivity index is 1.93. The molecule has 0 unspecified atom stereocenters. The number of carbonyl (C=O) groups is 1. The fourth-order valence-corrected chi connectivity index (χ4v) is 2.20. The minimum absolute atomic E-state index is 0.0887. The number of Topliss-reactive ketones (excluding diaryl/α,β-unsaturated/α-hetero) is 1. The van der Waals surface area contributed by atoms with Crippen LogP contribution in [0.1, 0.15) is 31.9 Å². The van der Waals surface area contributed by atoms with Gasteiger partial charge in [-0.3, -0.25) is 9.78 Å². The van der Waals surface area contributed by atoms with Crippen LogP contribution in [0.5, 0.6) is 0 Å². The molecule has 0 radical (unpaired) electrons. The number of hydrogen-bond acceptors (Lipinski definition) is 5. The van der Waals surface area contributed by atoms with Crippen LogP contribution in [0.3, 0.4) is 0 Å². The third-order valence-corrected chi connectivity index (χ3v) is 3.26. The second-order valence-corrected chi connectivity index (χ2v) is 5.10. The van der Waals surface area contributed by atoms with E-state index in [9.17, 15) is 4.79 Å². The molecular formula is C17H16N4O. The summed E-state index contributed by atoms with van der Waals surface area (Å²) < 4.78 is 0. The first-order valence-corrected chi connectivity index (χ1v) is 7.33. The Morgan fingerprint density at radius 1 is 1.27 bits per heavy atom. The van der Waals surface area contributed by atoms with Crippen LogP contribution in [-0.2, 0) is 4.79 Å². The molecule has 0 aliphatic carbocycles. The lowest BCUT2D eigenvalue weighted by molar-refractivity contribution is -0.118. The summed E-state index contributed by atoms with van der Waals surface area (Å²) in [5.74, 6) is 3.10. The summed E-state index contributed by atoms with van der Waals surface area (Å²) in [6.07, 6.45) is 3.73. The highest BCUT2D eigenvalue weighted by atomic mass is 16.1. The van der Waals surface area contributed by atoms with Gasteiger partial charge in [0.2, 0.25) is 0 Å². The molecule has 0 saturated carbocycles. The van der Waals surface area contributed by atoms with Crippen LogP contribution >= 0.6 is 0 Å². The molecule has 3 rings (SSSR count). The second kappa shape index (κ2) is 6.35. The van der Waals surface area contributed by atoms with E-state index in [1.165, 1.54) is 5.01 Å². The van der Waals surface area contributed by atoms with Crippen molar-refractivity contribution in [1.29, 1.82) is 0 Å². The van der Waals surface area contributed by atoms with Gasteiger partial charge in [-0.15, -0.1) is 0 Å². The van der Waals surface area contributed by atoms with Crippen molar-refractivity contribution in [3.05, 3.63) is 36.2 Å². The average Bonchev–Trinajstić information content (AvgIpc) is 2.54. The number of para-hydroxylation sites is 2. The molecule has 0 saturated heterocycles. The van der Waals surface area contributed by atoms with E-state index in [2.05, 4.69) is 34.0 Å². The van der Waals surface area contributed by atoms with Crippen molar-refractivity contribution >= 4 is 22.5 Å². The van der Waals surface area contributed by atoms with E-state index in [4.69, 9.17) is 0 Å². The highest BCUT2D eigenvalue weighted by Crippen LogP contribution is 2.13. The zero-order valence-corrected chi connectivity index (χ0v) is 12.4. The van der Waals surface area contributed by atoms with E-state index >= 15 is 0 Å². The van der Waals surface area contributed by atoms with Crippen LogP contribution < -0.4 is 0 Å². The Morgan fingerprint density at radius 2 is 2.09 bits per heavy atom. The summed E-state index contributed by atoms with van der Waals surface area (Å²) in [6.45, 7) is 2.30. The summed E-state index contributed by atoms with van der Waals surface area (Å²) in [5, 5.41) is 5.94. The molecule has 0 amide bonds. The number of benzene rings is 1. The van der Waals surface area contributed by atoms with Gasteiger partial charge in [-0.2, -0.15) is 5.10 Å². The molecule has 110 valence electrons. The summed E-state index contributed by atoms with van der Waals surface area (Å²) in [7, 11) is 0. The normalized spacial score (nSPS) is 14.5. The van der Waals surface area contributed by atoms with Crippen molar-refractivity contribution in [3.63, 3.8) is 0 Å². The molecule has 1 aliphatic heterocycles. The van der Waals surface area contributed by atoms with Crippen molar-refractivity contribution < 1.29 is 4.79 Å². The van der Waals surface area contributed by atoms with Crippen molar-refractivity contribution in [1.82, 2.24) is 15.0 Å². The van der Waals surface area contributed by atoms with E-state index in [0.717, 1.165) is 23.9 Å². The second-order valence-electron chi connectivity index (χ2n) is 5.10. The molecule has 1 aromatic heterocycles. The standard InChI is InChI=1S/C17H16N4O/c1-2-3-6-9-21-12-13(22)10-16(20-21)17-11-18-14-7-4-5-8-15(14)19-17/h4-5,7-8,11H,2-3,10,12H2,1H3. The van der Waals surface area contributed by atoms with Gasteiger partial charge in [0.25, 0.3) is 0 Å². The lowest BCUT2D eigenvalue weighted by Gasteiger charge is -2.18. The highest BCUT2D eigenvalue weighted by Gasteiger charge is 2.20. The maximum atomic E-state index is 11.9. The summed E-state index contributed by atoms with van der Waals surface area (Å²) >= 11 is 0. The largest absolute Gasteiger partial charge is 0.297 e. The van der Waals surface area contributed by atoms with Crippen LogP contribution in [0, 0.1) is 12.0 Å². The minimum atomic E-state index is 0.0887. The minimum Gasteiger partial charge on any atom is -0.297 e. The highest BCUT2D eigenvalue weighted by molar-refractivity contribution is 6.12. The van der Waals surface area contributed by atoms with Crippen molar-refractivity contribution in [2.45, 2.75) is 26.2 Å². The van der Waals surface area contributed by atoms with Gasteiger partial charge >= 0.3 is 0 Å². The maximum Gasteiger partial charge on any atom is 0.161 e. The number of aromatic nitrogens is 2. The number of unbranched alkanes of at least 4 members (excludes halogenated alkanes) is 1. The summed E-state index contributed by atoms with van der Waals surface area (Å²) in [5.41, 5.74) is 2.88. The summed E-state index contributed by atoms with van der Waals surface area (Å²) in [4.78, 5) is 20.8. The Labute approximate surface area is 129 Å². The number of rotatable bonds is 2. The topological polar surface area (TPSA) is 58.5 Å². The first-order valence-electron chi connectivity index (χ1n) is 7.33. The number of fused-ring (bicyclic) bond motifs is 1. The molecular weight excluding hydrogens is 276 g/mol. The van der Waals surface area contributed by atoms with E-state index in [-0.39, 0.29) is 18.7 Å². The smallest absolute Gasteiger partial charge is 0.161 e. The molecule has 0 atom stereocenters. The third-order valence-electron chi connectivity index (χ3n) is 3.26. The first kappa shape index (κ1) is 14.2. The van der Waals surface area contributed by atoms with Crippen LogP contribution in [0.4, 0.5) is 0 Å². The van der Waals surface area contributed by atoms with E-state index in [0.29, 0.717) is 11.4 Å². The number of ketones is 1. The Morgan fingerprint density at radius 3 is 2.91 bits per heavy atom. The van der Waals surface area contributed by atoms with Crippen LogP contribution in [-0.4, -0.2) is 33.0 Å². The predicted octanol–water partition coefficient (Wildman–Crippen LogP) is 2.37. The fraction of sp³-hybridized carbons (Fsp3) is 0.294. The van der Waals surface area contributed by atoms with Gasteiger partial charge in [0.1, 0.15) is 12.2 Å². The van der Waals surface area contributed by atoms with E-state index in [1.54, 1.807) is 6.20 Å². The zero-order chi connectivity index (χ0) is 15.4. The monoisotopic (exact) mass is 292 g/mol. The van der Waals surface area contributed by atoms with Crippen LogP contribution in [0.25, 0.3) is 11.0 Å². The number of carbonyl (C=O) groups excluding carboxylic acids is 1. The molecule has 0 spiro atoms. The lowest BCUT2D eigenvalue weighted by Crippen LogP contribution is -2.30. The van der Waals surface area contributed by atoms with Gasteiger partial charge < -0.3 is 0 Å². The molecule has 0 fully saturated rings. The fourth-order valence-electron chi connectivity index (χ4n) is 2.20. The molecule has 22 heavy (non-hydrogen) atoms. The van der Waals surface area contributed by atoms with Crippen molar-refractivity contribution in [3.8, 4) is 12.0 Å². The van der Waals surface area contributed by atoms with Gasteiger partial charge in [-0.05, 0) is 18.6 Å². The Bertz CT molecular complexity index is 801. The van der Waals surface area contributed by atoms with Crippen molar-refractivity contribution in [2.75, 3.05) is 6.54 Å². The first-order chi connectivity index (χ1) is 10.8. The lowest BCUT2D eigenvalue weighted by atomic mass is 10.1.